The molecule has 0 radical (unpaired) electrons. The fraction of sp³-hybridized carbons (Fsp3) is 0.444. The topological polar surface area (TPSA) is 84.4 Å². The van der Waals surface area contributed by atoms with Crippen molar-refractivity contribution >= 4 is 45.7 Å². The van der Waals surface area contributed by atoms with Crippen LogP contribution in [0.5, 0.6) is 5.75 Å². The molecule has 1 aliphatic rings. The van der Waals surface area contributed by atoms with Gasteiger partial charge in [0, 0.05) is 30.0 Å². The number of hydrogen-bond acceptors (Lipinski definition) is 7. The first-order chi connectivity index (χ1) is 13.0. The van der Waals surface area contributed by atoms with Crippen molar-refractivity contribution in [1.82, 2.24) is 10.2 Å². The zero-order chi connectivity index (χ0) is 19.4. The van der Waals surface area contributed by atoms with Crippen molar-refractivity contribution in [2.45, 2.75) is 36.3 Å². The van der Waals surface area contributed by atoms with E-state index in [9.17, 15) is 9.59 Å². The number of carbonyl (C=O) groups excluding carboxylic acids is 2. The van der Waals surface area contributed by atoms with Gasteiger partial charge in [0.2, 0.25) is 16.9 Å². The minimum absolute atomic E-state index is 0.0753. The first-order valence-electron chi connectivity index (χ1n) is 8.75. The maximum absolute atomic E-state index is 12.6. The third-order valence-corrected chi connectivity index (χ3v) is 6.57. The second-order valence-electron chi connectivity index (χ2n) is 6.31. The zero-order valence-corrected chi connectivity index (χ0v) is 17.1. The lowest BCUT2D eigenvalue weighted by atomic mass is 10.1. The van der Waals surface area contributed by atoms with Gasteiger partial charge in [0.15, 0.2) is 4.34 Å². The summed E-state index contributed by atoms with van der Waals surface area (Å²) in [7, 11) is 1.58. The number of aromatic nitrogens is 2. The van der Waals surface area contributed by atoms with Crippen LogP contribution >= 0.6 is 23.1 Å². The van der Waals surface area contributed by atoms with Crippen LogP contribution in [0.1, 0.15) is 26.7 Å². The van der Waals surface area contributed by atoms with E-state index in [0.29, 0.717) is 22.7 Å². The Hall–Kier alpha value is -2.13. The molecule has 144 valence electrons. The van der Waals surface area contributed by atoms with E-state index in [1.54, 1.807) is 29.8 Å². The Morgan fingerprint density at radius 1 is 1.48 bits per heavy atom. The molecule has 1 aliphatic heterocycles. The molecule has 9 heteroatoms. The van der Waals surface area contributed by atoms with Crippen LogP contribution in [0.15, 0.2) is 28.6 Å². The van der Waals surface area contributed by atoms with Gasteiger partial charge in [-0.1, -0.05) is 43.0 Å². The smallest absolute Gasteiger partial charge is 0.231 e. The molecule has 1 saturated heterocycles. The lowest BCUT2D eigenvalue weighted by Gasteiger charge is -2.17. The van der Waals surface area contributed by atoms with E-state index in [-0.39, 0.29) is 18.2 Å². The number of hydrogen-bond donors (Lipinski definition) is 1. The summed E-state index contributed by atoms with van der Waals surface area (Å²) >= 11 is 3.01. The summed E-state index contributed by atoms with van der Waals surface area (Å²) in [6.07, 6.45) is 1.21. The van der Waals surface area contributed by atoms with Crippen molar-refractivity contribution in [3.8, 4) is 5.75 Å². The number of rotatable bonds is 7. The molecular formula is C18H22N4O3S2. The number of benzene rings is 1. The second-order valence-corrected chi connectivity index (χ2v) is 8.97. The Bertz CT molecular complexity index is 826. The maximum Gasteiger partial charge on any atom is 0.231 e. The molecule has 2 heterocycles. The number of thioether (sulfide) groups is 1. The third kappa shape index (κ3) is 4.78. The number of ether oxygens (including phenoxy) is 1. The third-order valence-electron chi connectivity index (χ3n) is 4.37. The number of methoxy groups -OCH3 is 1. The number of anilines is 2. The van der Waals surface area contributed by atoms with E-state index >= 15 is 0 Å². The summed E-state index contributed by atoms with van der Waals surface area (Å²) in [4.78, 5) is 26.6. The van der Waals surface area contributed by atoms with E-state index in [1.807, 2.05) is 18.2 Å². The Kier molecular flexibility index (Phi) is 6.33. The largest absolute Gasteiger partial charge is 0.497 e. The van der Waals surface area contributed by atoms with Gasteiger partial charge in [-0.25, -0.2) is 0 Å². The highest BCUT2D eigenvalue weighted by Crippen LogP contribution is 2.31. The molecule has 0 bridgehead atoms. The van der Waals surface area contributed by atoms with Crippen LogP contribution in [-0.4, -0.2) is 40.9 Å². The molecule has 0 saturated carbocycles. The van der Waals surface area contributed by atoms with Crippen LogP contribution < -0.4 is 15.0 Å². The van der Waals surface area contributed by atoms with Gasteiger partial charge in [-0.05, 0) is 18.6 Å². The van der Waals surface area contributed by atoms with Crippen molar-refractivity contribution < 1.29 is 14.3 Å². The van der Waals surface area contributed by atoms with Gasteiger partial charge in [-0.3, -0.25) is 9.59 Å². The van der Waals surface area contributed by atoms with E-state index in [2.05, 4.69) is 29.4 Å². The molecule has 2 amide bonds. The average molecular weight is 407 g/mol. The van der Waals surface area contributed by atoms with Gasteiger partial charge in [-0.15, -0.1) is 10.2 Å². The molecule has 27 heavy (non-hydrogen) atoms. The normalized spacial score (nSPS) is 17.8. The summed E-state index contributed by atoms with van der Waals surface area (Å²) in [6, 6.07) is 7.27. The van der Waals surface area contributed by atoms with Gasteiger partial charge in [0.1, 0.15) is 5.75 Å². The van der Waals surface area contributed by atoms with E-state index in [0.717, 1.165) is 16.4 Å². The maximum atomic E-state index is 12.6. The van der Waals surface area contributed by atoms with Crippen LogP contribution in [0.25, 0.3) is 0 Å². The molecule has 0 spiro atoms. The van der Waals surface area contributed by atoms with Crippen LogP contribution in [0.3, 0.4) is 0 Å². The Labute approximate surface area is 166 Å². The minimum atomic E-state index is -0.418. The Morgan fingerprint density at radius 3 is 3.04 bits per heavy atom. The average Bonchev–Trinajstić information content (AvgIpc) is 3.28. The molecule has 7 nitrogen and oxygen atoms in total. The number of amides is 2. The quantitative estimate of drug-likeness (QED) is 0.560. The second kappa shape index (κ2) is 8.71. The standard InChI is InChI=1S/C18H22N4O3S2/c1-4-11(2)26-18-21-20-17(27-18)19-16(24)12-8-15(23)22(10-12)13-6-5-7-14(9-13)25-3/h5-7,9,11-12H,4,8,10H2,1-3H3,(H,19,20,24)/t11-,12+/m1/s1. The Morgan fingerprint density at radius 2 is 2.30 bits per heavy atom. The highest BCUT2D eigenvalue weighted by Gasteiger charge is 2.35. The highest BCUT2D eigenvalue weighted by molar-refractivity contribution is 8.01. The van der Waals surface area contributed by atoms with Crippen LogP contribution in [0, 0.1) is 5.92 Å². The lowest BCUT2D eigenvalue weighted by Crippen LogP contribution is -2.28. The van der Waals surface area contributed by atoms with E-state index < -0.39 is 5.92 Å². The number of carbonyl (C=O) groups is 2. The fourth-order valence-corrected chi connectivity index (χ4v) is 4.68. The summed E-state index contributed by atoms with van der Waals surface area (Å²) in [5.74, 6) is -0.0228. The van der Waals surface area contributed by atoms with Crippen molar-refractivity contribution in [3.63, 3.8) is 0 Å². The SMILES string of the molecule is CC[C@@H](C)Sc1nnc(NC(=O)[C@H]2CC(=O)N(c3cccc(OC)c3)C2)s1. The zero-order valence-electron chi connectivity index (χ0n) is 15.5. The van der Waals surface area contributed by atoms with Crippen LogP contribution in [0.4, 0.5) is 10.8 Å². The molecule has 1 aromatic carbocycles. The molecule has 0 aliphatic carbocycles. The molecule has 1 aromatic heterocycles. The van der Waals surface area contributed by atoms with Crippen molar-refractivity contribution in [3.05, 3.63) is 24.3 Å². The van der Waals surface area contributed by atoms with Crippen molar-refractivity contribution in [1.29, 1.82) is 0 Å². The van der Waals surface area contributed by atoms with Gasteiger partial charge in [0.05, 0.1) is 13.0 Å². The van der Waals surface area contributed by atoms with Gasteiger partial charge in [-0.2, -0.15) is 0 Å². The first kappa shape index (κ1) is 19.6. The highest BCUT2D eigenvalue weighted by atomic mass is 32.2. The fourth-order valence-electron chi connectivity index (χ4n) is 2.68. The van der Waals surface area contributed by atoms with Crippen LogP contribution in [0.2, 0.25) is 0 Å². The number of nitrogens with zero attached hydrogens (tertiary/aromatic N) is 3. The summed E-state index contributed by atoms with van der Waals surface area (Å²) < 4.78 is 6.04. The summed E-state index contributed by atoms with van der Waals surface area (Å²) in [5.41, 5.74) is 0.734. The molecular weight excluding hydrogens is 384 g/mol. The van der Waals surface area contributed by atoms with Gasteiger partial charge >= 0.3 is 0 Å². The summed E-state index contributed by atoms with van der Waals surface area (Å²) in [5, 5.41) is 11.9. The lowest BCUT2D eigenvalue weighted by molar-refractivity contribution is -0.122. The van der Waals surface area contributed by atoms with E-state index in [4.69, 9.17) is 4.74 Å². The molecule has 2 aromatic rings. The monoisotopic (exact) mass is 406 g/mol. The molecule has 3 rings (SSSR count). The predicted octanol–water partition coefficient (Wildman–Crippen LogP) is 3.43. The molecule has 0 unspecified atom stereocenters. The van der Waals surface area contributed by atoms with Crippen molar-refractivity contribution in [2.75, 3.05) is 23.9 Å². The Balaban J connectivity index is 1.62. The van der Waals surface area contributed by atoms with Crippen molar-refractivity contribution in [2.24, 2.45) is 5.92 Å². The predicted molar refractivity (Wildman–Crippen MR) is 108 cm³/mol. The number of nitrogens with one attached hydrogen (secondary N) is 1. The molecule has 1 N–H and O–H groups in total. The molecule has 2 atom stereocenters. The molecule has 1 fully saturated rings. The minimum Gasteiger partial charge on any atom is -0.497 e. The van der Waals surface area contributed by atoms with Crippen LogP contribution in [-0.2, 0) is 9.59 Å². The first-order valence-corrected chi connectivity index (χ1v) is 10.4. The van der Waals surface area contributed by atoms with E-state index in [1.165, 1.54) is 11.3 Å². The van der Waals surface area contributed by atoms with Gasteiger partial charge < -0.3 is 15.0 Å². The van der Waals surface area contributed by atoms with Gasteiger partial charge in [0.25, 0.3) is 0 Å². The summed E-state index contributed by atoms with van der Waals surface area (Å²) in [6.45, 7) is 4.58.